The number of fused-ring (bicyclic) bond motifs is 2. The van der Waals surface area contributed by atoms with Gasteiger partial charge in [0, 0.05) is 24.3 Å². The fraction of sp³-hybridized carbons (Fsp3) is 0.188. The van der Waals surface area contributed by atoms with E-state index in [1.807, 2.05) is 0 Å². The fourth-order valence-electron chi connectivity index (χ4n) is 5.68. The van der Waals surface area contributed by atoms with E-state index in [0.29, 0.717) is 11.1 Å². The van der Waals surface area contributed by atoms with Crippen LogP contribution < -0.4 is 18.9 Å². The third kappa shape index (κ3) is 4.37. The predicted octanol–water partition coefficient (Wildman–Crippen LogP) is 5.09. The summed E-state index contributed by atoms with van der Waals surface area (Å²) >= 11 is 0. The lowest BCUT2D eigenvalue weighted by atomic mass is 9.69. The van der Waals surface area contributed by atoms with Crippen molar-refractivity contribution in [3.05, 3.63) is 95.1 Å². The summed E-state index contributed by atoms with van der Waals surface area (Å²) in [5.41, 5.74) is 0.692. The first-order valence-electron chi connectivity index (χ1n) is 13.0. The normalized spacial score (nSPS) is 21.0. The average molecular weight is 571 g/mol. The lowest BCUT2D eigenvalue weighted by Gasteiger charge is -2.42. The molecule has 2 aliphatic heterocycles. The molecule has 4 N–H and O–H groups in total. The van der Waals surface area contributed by atoms with Gasteiger partial charge in [0.1, 0.15) is 69.3 Å². The molecule has 0 unspecified atom stereocenters. The molecular formula is C32H26O10. The summed E-state index contributed by atoms with van der Waals surface area (Å²) in [6.07, 6.45) is -2.15. The summed E-state index contributed by atoms with van der Waals surface area (Å²) < 4.78 is 23.2. The number of ketones is 2. The molecule has 42 heavy (non-hydrogen) atoms. The molecule has 2 heterocycles. The number of carbonyl (C=O) groups excluding carboxylic acids is 2. The van der Waals surface area contributed by atoms with E-state index in [9.17, 15) is 30.0 Å². The van der Waals surface area contributed by atoms with Crippen LogP contribution in [0.4, 0.5) is 0 Å². The van der Waals surface area contributed by atoms with Crippen LogP contribution in [0.5, 0.6) is 46.0 Å². The van der Waals surface area contributed by atoms with Crippen molar-refractivity contribution in [2.45, 2.75) is 12.2 Å². The van der Waals surface area contributed by atoms with Gasteiger partial charge in [-0.25, -0.2) is 0 Å². The monoisotopic (exact) mass is 570 g/mol. The second-order valence-electron chi connectivity index (χ2n) is 10.1. The van der Waals surface area contributed by atoms with Gasteiger partial charge in [0.2, 0.25) is 0 Å². The second-order valence-corrected chi connectivity index (χ2v) is 10.1. The number of phenolic OH excluding ortho intramolecular Hbond substituents is 4. The molecule has 0 spiro atoms. The highest BCUT2D eigenvalue weighted by Gasteiger charge is 2.53. The Hall–Kier alpha value is -5.38. The average Bonchev–Trinajstić information content (AvgIpc) is 2.97. The van der Waals surface area contributed by atoms with Crippen molar-refractivity contribution in [2.24, 2.45) is 11.8 Å². The highest BCUT2D eigenvalue weighted by atomic mass is 16.5. The number of ether oxygens (including phenoxy) is 4. The summed E-state index contributed by atoms with van der Waals surface area (Å²) in [4.78, 5) is 28.8. The molecule has 10 heteroatoms. The lowest BCUT2D eigenvalue weighted by Crippen LogP contribution is -2.45. The molecule has 4 aromatic rings. The van der Waals surface area contributed by atoms with E-state index >= 15 is 0 Å². The van der Waals surface area contributed by atoms with E-state index in [0.717, 1.165) is 0 Å². The first kappa shape index (κ1) is 26.8. The number of methoxy groups -OCH3 is 2. The van der Waals surface area contributed by atoms with Crippen LogP contribution in [0, 0.1) is 11.8 Å². The third-order valence-electron chi connectivity index (χ3n) is 7.67. The number of hydrogen-bond acceptors (Lipinski definition) is 10. The zero-order valence-corrected chi connectivity index (χ0v) is 22.5. The molecule has 4 atom stereocenters. The van der Waals surface area contributed by atoms with E-state index in [1.54, 1.807) is 24.3 Å². The Balaban J connectivity index is 1.58. The fourth-order valence-corrected chi connectivity index (χ4v) is 5.68. The van der Waals surface area contributed by atoms with Gasteiger partial charge >= 0.3 is 0 Å². The Morgan fingerprint density at radius 3 is 1.26 bits per heavy atom. The van der Waals surface area contributed by atoms with E-state index in [4.69, 9.17) is 18.9 Å². The summed E-state index contributed by atoms with van der Waals surface area (Å²) in [7, 11) is 2.82. The number of benzene rings is 4. The lowest BCUT2D eigenvalue weighted by molar-refractivity contribution is 0.0129. The Bertz CT molecular complexity index is 1570. The van der Waals surface area contributed by atoms with E-state index in [-0.39, 0.29) is 57.1 Å². The molecule has 0 aliphatic carbocycles. The van der Waals surface area contributed by atoms with Crippen LogP contribution in [-0.2, 0) is 0 Å². The van der Waals surface area contributed by atoms with Crippen LogP contribution in [0.1, 0.15) is 44.1 Å². The zero-order chi connectivity index (χ0) is 29.7. The standard InChI is InChI=1S/C32H26O10/c1-39-19-11-21(35)25-23(13-19)41-31(15-3-7-17(33)8-4-15)27(29(25)37)28-30(38)26-22(36)12-20(40-2)14-24(26)42-32(28)16-5-9-18(34)10-6-16/h3-14,27-28,31-36H,1-2H3/t27-,28+,31+,32-. The van der Waals surface area contributed by atoms with Crippen molar-refractivity contribution in [3.63, 3.8) is 0 Å². The van der Waals surface area contributed by atoms with Crippen molar-refractivity contribution >= 4 is 11.6 Å². The zero-order valence-electron chi connectivity index (χ0n) is 22.5. The molecule has 0 radical (unpaired) electrons. The van der Waals surface area contributed by atoms with Crippen molar-refractivity contribution in [3.8, 4) is 46.0 Å². The number of aromatic hydroxyl groups is 4. The summed E-state index contributed by atoms with van der Waals surface area (Å²) in [5.74, 6) is -3.86. The van der Waals surface area contributed by atoms with Crippen molar-refractivity contribution in [1.29, 1.82) is 0 Å². The molecule has 0 bridgehead atoms. The Morgan fingerprint density at radius 2 is 0.929 bits per heavy atom. The molecule has 0 saturated carbocycles. The molecule has 0 amide bonds. The summed E-state index contributed by atoms with van der Waals surface area (Å²) in [5, 5.41) is 41.6. The number of Topliss-reactive ketones (excluding diaryl/α,β-unsaturated/α-hetero) is 2. The van der Waals surface area contributed by atoms with E-state index in [2.05, 4.69) is 0 Å². The van der Waals surface area contributed by atoms with Crippen LogP contribution in [0.3, 0.4) is 0 Å². The van der Waals surface area contributed by atoms with E-state index in [1.165, 1.54) is 62.8 Å². The topological polar surface area (TPSA) is 152 Å². The smallest absolute Gasteiger partial charge is 0.178 e. The first-order chi connectivity index (χ1) is 20.2. The molecule has 0 fully saturated rings. The number of rotatable bonds is 5. The molecule has 4 aromatic carbocycles. The van der Waals surface area contributed by atoms with E-state index < -0.39 is 35.6 Å². The molecule has 0 aromatic heterocycles. The summed E-state index contributed by atoms with van der Waals surface area (Å²) in [6, 6.07) is 17.5. The maximum absolute atomic E-state index is 14.4. The molecule has 6 rings (SSSR count). The Labute approximate surface area is 239 Å². The minimum atomic E-state index is -1.26. The van der Waals surface area contributed by atoms with Gasteiger partial charge < -0.3 is 39.4 Å². The Morgan fingerprint density at radius 1 is 0.571 bits per heavy atom. The van der Waals surface area contributed by atoms with Crippen molar-refractivity contribution in [2.75, 3.05) is 14.2 Å². The third-order valence-corrected chi connectivity index (χ3v) is 7.67. The molecule has 2 aliphatic rings. The van der Waals surface area contributed by atoms with Crippen LogP contribution in [0.15, 0.2) is 72.8 Å². The molecular weight excluding hydrogens is 544 g/mol. The number of hydrogen-bond donors (Lipinski definition) is 4. The summed E-state index contributed by atoms with van der Waals surface area (Å²) in [6.45, 7) is 0. The predicted molar refractivity (Wildman–Crippen MR) is 148 cm³/mol. The quantitative estimate of drug-likeness (QED) is 0.255. The first-order valence-corrected chi connectivity index (χ1v) is 13.0. The molecule has 0 saturated heterocycles. The number of carbonyl (C=O) groups is 2. The molecule has 10 nitrogen and oxygen atoms in total. The second kappa shape index (κ2) is 10.2. The SMILES string of the molecule is COc1cc(O)c2c(c1)O[C@H](c1ccc(O)cc1)[C@@H]([C@@H]1C(=O)c3c(O)cc(OC)cc3O[C@H]1c1ccc(O)cc1)C2=O. The maximum Gasteiger partial charge on any atom is 0.178 e. The van der Waals surface area contributed by atoms with Crippen LogP contribution in [-0.4, -0.2) is 46.2 Å². The number of phenols is 4. The van der Waals surface area contributed by atoms with Crippen molar-refractivity contribution in [1.82, 2.24) is 0 Å². The molecule has 214 valence electrons. The largest absolute Gasteiger partial charge is 0.508 e. The van der Waals surface area contributed by atoms with Gasteiger partial charge in [-0.1, -0.05) is 24.3 Å². The van der Waals surface area contributed by atoms with Crippen LogP contribution in [0.25, 0.3) is 0 Å². The minimum Gasteiger partial charge on any atom is -0.508 e. The highest BCUT2D eigenvalue weighted by Crippen LogP contribution is 2.53. The van der Waals surface area contributed by atoms with Gasteiger partial charge in [-0.15, -0.1) is 0 Å². The van der Waals surface area contributed by atoms with Gasteiger partial charge in [-0.05, 0) is 35.4 Å². The van der Waals surface area contributed by atoms with Gasteiger partial charge in [-0.3, -0.25) is 9.59 Å². The highest BCUT2D eigenvalue weighted by molar-refractivity contribution is 6.11. The Kier molecular flexibility index (Phi) is 6.53. The van der Waals surface area contributed by atoms with Gasteiger partial charge in [0.25, 0.3) is 0 Å². The van der Waals surface area contributed by atoms with Gasteiger partial charge in [0.05, 0.1) is 26.1 Å². The minimum absolute atomic E-state index is 0.0102. The maximum atomic E-state index is 14.4. The van der Waals surface area contributed by atoms with Gasteiger partial charge in [0.15, 0.2) is 11.6 Å². The van der Waals surface area contributed by atoms with Gasteiger partial charge in [-0.2, -0.15) is 0 Å². The van der Waals surface area contributed by atoms with Crippen LogP contribution in [0.2, 0.25) is 0 Å². The van der Waals surface area contributed by atoms with Crippen LogP contribution >= 0.6 is 0 Å². The van der Waals surface area contributed by atoms with Crippen molar-refractivity contribution < 1.29 is 49.0 Å².